The summed E-state index contributed by atoms with van der Waals surface area (Å²) in [6, 6.07) is 0.218. The molecule has 1 aliphatic rings. The second-order valence-electron chi connectivity index (χ2n) is 4.86. The van der Waals surface area contributed by atoms with Crippen molar-refractivity contribution in [1.29, 1.82) is 0 Å². The Morgan fingerprint density at radius 3 is 2.59 bits per heavy atom. The Bertz CT molecular complexity index is 258. The zero-order valence-electron chi connectivity index (χ0n) is 11.1. The number of hydrogen-bond donors (Lipinski definition) is 1. The van der Waals surface area contributed by atoms with Crippen molar-refractivity contribution >= 4 is 5.91 Å². The minimum atomic E-state index is -0.000501. The first-order valence-electron chi connectivity index (χ1n) is 6.36. The molecule has 1 amide bonds. The largest absolute Gasteiger partial charge is 0.379 e. The SMILES string of the molecule is CC(C)C(C)NC(=O)/C=C/CN1CCOCC1. The fraction of sp³-hybridized carbons (Fsp3) is 0.769. The van der Waals surface area contributed by atoms with E-state index in [4.69, 9.17) is 4.74 Å². The average molecular weight is 240 g/mol. The van der Waals surface area contributed by atoms with Crippen LogP contribution in [0.4, 0.5) is 0 Å². The first-order valence-corrected chi connectivity index (χ1v) is 6.36. The molecule has 0 aliphatic carbocycles. The molecule has 0 aromatic carbocycles. The average Bonchev–Trinajstić information content (AvgIpc) is 2.30. The Kier molecular flexibility index (Phi) is 6.22. The van der Waals surface area contributed by atoms with Crippen LogP contribution in [0.25, 0.3) is 0 Å². The summed E-state index contributed by atoms with van der Waals surface area (Å²) in [5.41, 5.74) is 0. The third-order valence-electron chi connectivity index (χ3n) is 3.11. The minimum absolute atomic E-state index is 0.000501. The van der Waals surface area contributed by atoms with Crippen molar-refractivity contribution in [2.75, 3.05) is 32.8 Å². The van der Waals surface area contributed by atoms with Crippen LogP contribution in [0.2, 0.25) is 0 Å². The van der Waals surface area contributed by atoms with E-state index in [9.17, 15) is 4.79 Å². The molecule has 98 valence electrons. The van der Waals surface area contributed by atoms with E-state index in [2.05, 4.69) is 24.1 Å². The predicted octanol–water partition coefficient (Wildman–Crippen LogP) is 1.04. The van der Waals surface area contributed by atoms with Gasteiger partial charge in [0.05, 0.1) is 13.2 Å². The fourth-order valence-electron chi connectivity index (χ4n) is 1.53. The molecule has 1 N–H and O–H groups in total. The summed E-state index contributed by atoms with van der Waals surface area (Å²) in [6.45, 7) is 10.5. The summed E-state index contributed by atoms with van der Waals surface area (Å²) in [6.07, 6.45) is 3.56. The summed E-state index contributed by atoms with van der Waals surface area (Å²) in [5.74, 6) is 0.464. The lowest BCUT2D eigenvalue weighted by Crippen LogP contribution is -2.37. The Morgan fingerprint density at radius 1 is 1.35 bits per heavy atom. The highest BCUT2D eigenvalue weighted by Crippen LogP contribution is 2.00. The monoisotopic (exact) mass is 240 g/mol. The summed E-state index contributed by atoms with van der Waals surface area (Å²) in [5, 5.41) is 2.95. The molecule has 0 saturated carbocycles. The number of nitrogens with one attached hydrogen (secondary N) is 1. The zero-order valence-corrected chi connectivity index (χ0v) is 11.1. The molecule has 1 aliphatic heterocycles. The van der Waals surface area contributed by atoms with E-state index in [-0.39, 0.29) is 11.9 Å². The van der Waals surface area contributed by atoms with E-state index < -0.39 is 0 Å². The first-order chi connectivity index (χ1) is 8.09. The fourth-order valence-corrected chi connectivity index (χ4v) is 1.53. The van der Waals surface area contributed by atoms with E-state index in [1.54, 1.807) is 6.08 Å². The number of hydrogen-bond acceptors (Lipinski definition) is 3. The van der Waals surface area contributed by atoms with Crippen molar-refractivity contribution in [2.45, 2.75) is 26.8 Å². The van der Waals surface area contributed by atoms with Gasteiger partial charge in [0.2, 0.25) is 5.91 Å². The number of carbonyl (C=O) groups is 1. The van der Waals surface area contributed by atoms with Gasteiger partial charge in [-0.25, -0.2) is 0 Å². The summed E-state index contributed by atoms with van der Waals surface area (Å²) in [7, 11) is 0. The van der Waals surface area contributed by atoms with E-state index in [0.717, 1.165) is 32.8 Å². The molecule has 1 atom stereocenters. The van der Waals surface area contributed by atoms with Gasteiger partial charge in [-0.15, -0.1) is 0 Å². The molecular formula is C13H24N2O2. The molecule has 1 rings (SSSR count). The quantitative estimate of drug-likeness (QED) is 0.730. The number of carbonyl (C=O) groups excluding carboxylic acids is 1. The van der Waals surface area contributed by atoms with Crippen LogP contribution in [0.5, 0.6) is 0 Å². The lowest BCUT2D eigenvalue weighted by Gasteiger charge is -2.25. The molecule has 0 aromatic heterocycles. The molecule has 1 fully saturated rings. The lowest BCUT2D eigenvalue weighted by atomic mass is 10.1. The summed E-state index contributed by atoms with van der Waals surface area (Å²) in [4.78, 5) is 13.8. The van der Waals surface area contributed by atoms with Gasteiger partial charge >= 0.3 is 0 Å². The van der Waals surface area contributed by atoms with E-state index in [1.165, 1.54) is 0 Å². The van der Waals surface area contributed by atoms with Gasteiger partial charge in [-0.3, -0.25) is 9.69 Å². The molecule has 1 saturated heterocycles. The maximum Gasteiger partial charge on any atom is 0.243 e. The van der Waals surface area contributed by atoms with Crippen molar-refractivity contribution in [1.82, 2.24) is 10.2 Å². The summed E-state index contributed by atoms with van der Waals surface area (Å²) >= 11 is 0. The van der Waals surface area contributed by atoms with Crippen molar-refractivity contribution in [3.63, 3.8) is 0 Å². The van der Waals surface area contributed by atoms with Gasteiger partial charge in [0, 0.05) is 31.8 Å². The van der Waals surface area contributed by atoms with Gasteiger partial charge in [-0.2, -0.15) is 0 Å². The topological polar surface area (TPSA) is 41.6 Å². The zero-order chi connectivity index (χ0) is 12.7. The van der Waals surface area contributed by atoms with E-state index in [0.29, 0.717) is 5.92 Å². The van der Waals surface area contributed by atoms with Crippen molar-refractivity contribution < 1.29 is 9.53 Å². The number of nitrogens with zero attached hydrogens (tertiary/aromatic N) is 1. The number of amides is 1. The second-order valence-corrected chi connectivity index (χ2v) is 4.86. The number of rotatable bonds is 5. The standard InChI is InChI=1S/C13H24N2O2/c1-11(2)12(3)14-13(16)5-4-6-15-7-9-17-10-8-15/h4-5,11-12H,6-10H2,1-3H3,(H,14,16)/b5-4+. The molecule has 0 spiro atoms. The van der Waals surface area contributed by atoms with Gasteiger partial charge in [0.15, 0.2) is 0 Å². The number of ether oxygens (including phenoxy) is 1. The minimum Gasteiger partial charge on any atom is -0.379 e. The van der Waals surface area contributed by atoms with Crippen LogP contribution in [-0.4, -0.2) is 49.7 Å². The van der Waals surface area contributed by atoms with Crippen molar-refractivity contribution in [3.8, 4) is 0 Å². The van der Waals surface area contributed by atoms with Crippen LogP contribution in [0.3, 0.4) is 0 Å². The van der Waals surface area contributed by atoms with Crippen LogP contribution in [0, 0.1) is 5.92 Å². The van der Waals surface area contributed by atoms with Crippen LogP contribution < -0.4 is 5.32 Å². The molecule has 1 heterocycles. The highest BCUT2D eigenvalue weighted by atomic mass is 16.5. The van der Waals surface area contributed by atoms with Crippen molar-refractivity contribution in [2.24, 2.45) is 5.92 Å². The maximum absolute atomic E-state index is 11.6. The second kappa shape index (κ2) is 7.45. The third-order valence-corrected chi connectivity index (χ3v) is 3.11. The molecule has 1 unspecified atom stereocenters. The highest BCUT2D eigenvalue weighted by Gasteiger charge is 2.09. The Morgan fingerprint density at radius 2 is 2.00 bits per heavy atom. The van der Waals surface area contributed by atoms with Gasteiger partial charge in [0.1, 0.15) is 0 Å². The van der Waals surface area contributed by atoms with Crippen LogP contribution in [0.1, 0.15) is 20.8 Å². The van der Waals surface area contributed by atoms with Crippen molar-refractivity contribution in [3.05, 3.63) is 12.2 Å². The van der Waals surface area contributed by atoms with Crippen LogP contribution >= 0.6 is 0 Å². The van der Waals surface area contributed by atoms with Crippen LogP contribution in [-0.2, 0) is 9.53 Å². The molecule has 4 heteroatoms. The third kappa shape index (κ3) is 5.84. The smallest absolute Gasteiger partial charge is 0.243 e. The normalized spacial score (nSPS) is 19.8. The Labute approximate surface area is 104 Å². The highest BCUT2D eigenvalue weighted by molar-refractivity contribution is 5.87. The molecule has 0 radical (unpaired) electrons. The lowest BCUT2D eigenvalue weighted by molar-refractivity contribution is -0.117. The molecular weight excluding hydrogens is 216 g/mol. The predicted molar refractivity (Wildman–Crippen MR) is 68.8 cm³/mol. The van der Waals surface area contributed by atoms with E-state index in [1.807, 2.05) is 13.0 Å². The van der Waals surface area contributed by atoms with Gasteiger partial charge in [0.25, 0.3) is 0 Å². The van der Waals surface area contributed by atoms with Crippen LogP contribution in [0.15, 0.2) is 12.2 Å². The molecule has 17 heavy (non-hydrogen) atoms. The molecule has 0 bridgehead atoms. The first kappa shape index (κ1) is 14.2. The molecule has 0 aromatic rings. The van der Waals surface area contributed by atoms with Gasteiger partial charge < -0.3 is 10.1 Å². The molecule has 4 nitrogen and oxygen atoms in total. The van der Waals surface area contributed by atoms with Gasteiger partial charge in [-0.1, -0.05) is 19.9 Å². The Balaban J connectivity index is 2.20. The van der Waals surface area contributed by atoms with Gasteiger partial charge in [-0.05, 0) is 12.8 Å². The maximum atomic E-state index is 11.6. The summed E-state index contributed by atoms with van der Waals surface area (Å²) < 4.78 is 5.26. The van der Waals surface area contributed by atoms with E-state index >= 15 is 0 Å². The Hall–Kier alpha value is -0.870. The number of morpholine rings is 1.